The summed E-state index contributed by atoms with van der Waals surface area (Å²) in [5, 5.41) is 7.21. The Morgan fingerprint density at radius 2 is 2.00 bits per heavy atom. The van der Waals surface area contributed by atoms with Crippen LogP contribution in [0, 0.1) is 0 Å². The maximum atomic E-state index is 12.4. The molecule has 1 aromatic heterocycles. The Morgan fingerprint density at radius 1 is 1.33 bits per heavy atom. The molecule has 150 valence electrons. The number of aromatic nitrogens is 3. The summed E-state index contributed by atoms with van der Waals surface area (Å²) < 4.78 is 27.4. The van der Waals surface area contributed by atoms with E-state index in [1.165, 1.54) is 6.33 Å². The zero-order chi connectivity index (χ0) is 19.2. The third-order valence-electron chi connectivity index (χ3n) is 3.67. The van der Waals surface area contributed by atoms with Gasteiger partial charge in [0.1, 0.15) is 12.2 Å². The predicted octanol–water partition coefficient (Wildman–Crippen LogP) is 2.07. The monoisotopic (exact) mass is 570 g/mol. The highest BCUT2D eigenvalue weighted by Gasteiger charge is 2.15. The molecule has 1 N–H and O–H groups in total. The van der Waals surface area contributed by atoms with E-state index < -0.39 is 9.84 Å². The van der Waals surface area contributed by atoms with Crippen LogP contribution in [-0.2, 0) is 23.4 Å². The van der Waals surface area contributed by atoms with Crippen LogP contribution in [0.2, 0.25) is 0 Å². The highest BCUT2D eigenvalue weighted by molar-refractivity contribution is 14.0. The minimum atomic E-state index is -3.37. The minimum Gasteiger partial charge on any atom is -0.357 e. The van der Waals surface area contributed by atoms with Crippen molar-refractivity contribution in [1.29, 1.82) is 0 Å². The largest absolute Gasteiger partial charge is 0.357 e. The molecular formula is C16H24BrIN6O2S. The van der Waals surface area contributed by atoms with Crippen LogP contribution in [0.3, 0.4) is 0 Å². The summed E-state index contributed by atoms with van der Waals surface area (Å²) in [6.45, 7) is 3.33. The summed E-state index contributed by atoms with van der Waals surface area (Å²) in [5.41, 5.74) is 0. The SMILES string of the molecule is CCNC(=NCCS(=O)(=O)c1ccc(Br)cc1)N(C)Cc1ncnn1C.I. The van der Waals surface area contributed by atoms with E-state index in [1.807, 2.05) is 25.9 Å². The molecular weight excluding hydrogens is 547 g/mol. The number of halogens is 2. The molecule has 11 heteroatoms. The van der Waals surface area contributed by atoms with E-state index in [0.717, 1.165) is 10.3 Å². The number of nitrogens with zero attached hydrogens (tertiary/aromatic N) is 5. The Morgan fingerprint density at radius 3 is 2.56 bits per heavy atom. The number of aryl methyl sites for hydroxylation is 1. The molecule has 2 aromatic rings. The first-order valence-electron chi connectivity index (χ1n) is 8.14. The fourth-order valence-corrected chi connectivity index (χ4v) is 3.63. The molecule has 0 saturated carbocycles. The van der Waals surface area contributed by atoms with Crippen LogP contribution in [0.15, 0.2) is 45.0 Å². The second-order valence-electron chi connectivity index (χ2n) is 5.66. The van der Waals surface area contributed by atoms with Crippen molar-refractivity contribution in [2.45, 2.75) is 18.4 Å². The van der Waals surface area contributed by atoms with Gasteiger partial charge in [-0.15, -0.1) is 24.0 Å². The number of sulfone groups is 1. The molecule has 27 heavy (non-hydrogen) atoms. The van der Waals surface area contributed by atoms with Crippen LogP contribution < -0.4 is 5.32 Å². The fourth-order valence-electron chi connectivity index (χ4n) is 2.25. The van der Waals surface area contributed by atoms with Crippen LogP contribution in [0.5, 0.6) is 0 Å². The zero-order valence-corrected chi connectivity index (χ0v) is 20.2. The molecule has 0 fully saturated rings. The van der Waals surface area contributed by atoms with Gasteiger partial charge in [0.25, 0.3) is 0 Å². The molecule has 0 atom stereocenters. The van der Waals surface area contributed by atoms with Crippen LogP contribution in [-0.4, -0.2) is 59.9 Å². The van der Waals surface area contributed by atoms with Crippen molar-refractivity contribution >= 4 is 55.7 Å². The second-order valence-corrected chi connectivity index (χ2v) is 8.69. The number of guanidine groups is 1. The first-order valence-corrected chi connectivity index (χ1v) is 10.6. The summed E-state index contributed by atoms with van der Waals surface area (Å²) in [4.78, 5) is 10.8. The van der Waals surface area contributed by atoms with Gasteiger partial charge in [-0.2, -0.15) is 5.10 Å². The Kier molecular flexibility index (Phi) is 9.67. The van der Waals surface area contributed by atoms with Gasteiger partial charge >= 0.3 is 0 Å². The average molecular weight is 571 g/mol. The molecule has 1 aromatic carbocycles. The van der Waals surface area contributed by atoms with Crippen molar-refractivity contribution in [2.24, 2.45) is 12.0 Å². The number of rotatable bonds is 7. The van der Waals surface area contributed by atoms with Crippen LogP contribution in [0.25, 0.3) is 0 Å². The Balaban J connectivity index is 0.00000364. The Labute approximate surface area is 185 Å². The molecule has 8 nitrogen and oxygen atoms in total. The van der Waals surface area contributed by atoms with Gasteiger partial charge < -0.3 is 10.2 Å². The zero-order valence-electron chi connectivity index (χ0n) is 15.5. The summed E-state index contributed by atoms with van der Waals surface area (Å²) in [7, 11) is 0.328. The van der Waals surface area contributed by atoms with Crippen molar-refractivity contribution < 1.29 is 8.42 Å². The van der Waals surface area contributed by atoms with E-state index >= 15 is 0 Å². The number of benzene rings is 1. The third kappa shape index (κ3) is 7.03. The first kappa shape index (κ1) is 23.8. The van der Waals surface area contributed by atoms with Gasteiger partial charge in [-0.3, -0.25) is 9.67 Å². The second kappa shape index (κ2) is 11.0. The number of aliphatic imine (C=N–C) groups is 1. The van der Waals surface area contributed by atoms with Gasteiger partial charge in [-0.25, -0.2) is 13.4 Å². The first-order chi connectivity index (χ1) is 12.3. The van der Waals surface area contributed by atoms with Gasteiger partial charge in [0.05, 0.1) is 23.7 Å². The lowest BCUT2D eigenvalue weighted by Crippen LogP contribution is -2.39. The molecule has 1 heterocycles. The van der Waals surface area contributed by atoms with Crippen molar-refractivity contribution in [2.75, 3.05) is 25.9 Å². The summed E-state index contributed by atoms with van der Waals surface area (Å²) in [6, 6.07) is 6.62. The van der Waals surface area contributed by atoms with Gasteiger partial charge in [0, 0.05) is 25.1 Å². The lowest BCUT2D eigenvalue weighted by molar-refractivity contribution is 0.449. The quantitative estimate of drug-likeness (QED) is 0.311. The van der Waals surface area contributed by atoms with E-state index in [2.05, 4.69) is 36.3 Å². The average Bonchev–Trinajstić information content (AvgIpc) is 2.99. The minimum absolute atomic E-state index is 0. The summed E-state index contributed by atoms with van der Waals surface area (Å²) in [5.74, 6) is 1.36. The van der Waals surface area contributed by atoms with E-state index in [0.29, 0.717) is 23.9 Å². The highest BCUT2D eigenvalue weighted by atomic mass is 127. The molecule has 0 bridgehead atoms. The Hall–Kier alpha value is -1.21. The summed E-state index contributed by atoms with van der Waals surface area (Å²) >= 11 is 3.30. The fraction of sp³-hybridized carbons (Fsp3) is 0.438. The van der Waals surface area contributed by atoms with Gasteiger partial charge in [-0.1, -0.05) is 15.9 Å². The van der Waals surface area contributed by atoms with Crippen LogP contribution in [0.1, 0.15) is 12.7 Å². The number of hydrogen-bond donors (Lipinski definition) is 1. The molecule has 0 aliphatic rings. The van der Waals surface area contributed by atoms with Crippen molar-refractivity contribution in [3.8, 4) is 0 Å². The number of hydrogen-bond acceptors (Lipinski definition) is 5. The maximum Gasteiger partial charge on any atom is 0.194 e. The Bertz CT molecular complexity index is 854. The van der Waals surface area contributed by atoms with Crippen LogP contribution >= 0.6 is 39.9 Å². The van der Waals surface area contributed by atoms with Gasteiger partial charge in [0.15, 0.2) is 15.8 Å². The standard InChI is InChI=1S/C16H23BrN6O2S.HI/c1-4-18-16(22(2)11-15-20-12-21-23(15)3)19-9-10-26(24,25)14-7-5-13(17)6-8-14;/h5-8,12H,4,9-11H2,1-3H3,(H,18,19);1H. The van der Waals surface area contributed by atoms with Crippen molar-refractivity contribution in [1.82, 2.24) is 25.0 Å². The third-order valence-corrected chi connectivity index (χ3v) is 5.91. The molecule has 0 aliphatic carbocycles. The highest BCUT2D eigenvalue weighted by Crippen LogP contribution is 2.15. The molecule has 0 spiro atoms. The molecule has 0 radical (unpaired) electrons. The molecule has 0 unspecified atom stereocenters. The van der Waals surface area contributed by atoms with Gasteiger partial charge in [-0.05, 0) is 31.2 Å². The van der Waals surface area contributed by atoms with Crippen molar-refractivity contribution in [3.63, 3.8) is 0 Å². The van der Waals surface area contributed by atoms with E-state index in [-0.39, 0.29) is 36.3 Å². The molecule has 0 amide bonds. The summed E-state index contributed by atoms with van der Waals surface area (Å²) in [6.07, 6.45) is 1.50. The van der Waals surface area contributed by atoms with E-state index in [9.17, 15) is 8.42 Å². The normalized spacial score (nSPS) is 11.8. The number of nitrogens with one attached hydrogen (secondary N) is 1. The smallest absolute Gasteiger partial charge is 0.194 e. The molecule has 0 aliphatic heterocycles. The predicted molar refractivity (Wildman–Crippen MR) is 120 cm³/mol. The van der Waals surface area contributed by atoms with Crippen molar-refractivity contribution in [3.05, 3.63) is 40.9 Å². The molecule has 2 rings (SSSR count). The van der Waals surface area contributed by atoms with Gasteiger partial charge in [0.2, 0.25) is 0 Å². The molecule has 0 saturated heterocycles. The van der Waals surface area contributed by atoms with E-state index in [1.54, 1.807) is 28.9 Å². The van der Waals surface area contributed by atoms with Crippen LogP contribution in [0.4, 0.5) is 0 Å². The lowest BCUT2D eigenvalue weighted by atomic mass is 10.4. The maximum absolute atomic E-state index is 12.4. The van der Waals surface area contributed by atoms with E-state index in [4.69, 9.17) is 0 Å². The topological polar surface area (TPSA) is 92.5 Å². The lowest BCUT2D eigenvalue weighted by Gasteiger charge is -2.21.